The molecule has 2 aliphatic carbocycles. The first-order chi connectivity index (χ1) is 13.1. The van der Waals surface area contributed by atoms with Crippen molar-refractivity contribution in [2.24, 2.45) is 11.8 Å². The highest BCUT2D eigenvalue weighted by Crippen LogP contribution is 2.42. The lowest BCUT2D eigenvalue weighted by molar-refractivity contribution is -0.120. The number of aliphatic hydroxyl groups excluding tert-OH is 1. The van der Waals surface area contributed by atoms with Crippen molar-refractivity contribution in [3.05, 3.63) is 22.5 Å². The molecule has 2 aromatic rings. The second-order valence-corrected chi connectivity index (χ2v) is 9.06. The van der Waals surface area contributed by atoms with Crippen molar-refractivity contribution >= 4 is 32.7 Å². The number of nitrogens with zero attached hydrogens (tertiary/aromatic N) is 3. The Morgan fingerprint density at radius 2 is 2.00 bits per heavy atom. The zero-order valence-electron chi connectivity index (χ0n) is 15.1. The van der Waals surface area contributed by atoms with Gasteiger partial charge in [0.15, 0.2) is 5.58 Å². The molecule has 0 radical (unpaired) electrons. The summed E-state index contributed by atoms with van der Waals surface area (Å²) in [6.07, 6.45) is 7.50. The van der Waals surface area contributed by atoms with Gasteiger partial charge in [-0.3, -0.25) is 4.90 Å². The molecule has 2 aliphatic heterocycles. The fourth-order valence-electron chi connectivity index (χ4n) is 5.11. The molecule has 2 bridgehead atoms. The number of anilines is 1. The third kappa shape index (κ3) is 3.04. The lowest BCUT2D eigenvalue weighted by atomic mass is 9.67. The molecule has 0 aromatic carbocycles. The van der Waals surface area contributed by atoms with Gasteiger partial charge >= 0.3 is 0 Å². The summed E-state index contributed by atoms with van der Waals surface area (Å²) in [6.45, 7) is 2.15. The molecule has 7 heteroatoms. The van der Waals surface area contributed by atoms with Crippen molar-refractivity contribution in [3.63, 3.8) is 0 Å². The molecule has 4 fully saturated rings. The van der Waals surface area contributed by atoms with Crippen molar-refractivity contribution in [2.75, 3.05) is 18.4 Å². The first-order valence-corrected chi connectivity index (χ1v) is 10.6. The summed E-state index contributed by atoms with van der Waals surface area (Å²) in [7, 11) is 0. The van der Waals surface area contributed by atoms with Crippen LogP contribution in [0.2, 0.25) is 0 Å². The van der Waals surface area contributed by atoms with Crippen LogP contribution in [-0.4, -0.2) is 46.3 Å². The molecule has 6 rings (SSSR count). The van der Waals surface area contributed by atoms with Crippen LogP contribution < -0.4 is 5.32 Å². The van der Waals surface area contributed by atoms with Crippen LogP contribution in [0.1, 0.15) is 37.9 Å². The molecule has 0 spiro atoms. The summed E-state index contributed by atoms with van der Waals surface area (Å²) in [6, 6.07) is 4.85. The predicted molar refractivity (Wildman–Crippen MR) is 105 cm³/mol. The van der Waals surface area contributed by atoms with E-state index in [0.29, 0.717) is 35.3 Å². The van der Waals surface area contributed by atoms with Gasteiger partial charge in [0.2, 0.25) is 5.76 Å². The highest BCUT2D eigenvalue weighted by molar-refractivity contribution is 9.10. The standard InChI is InChI=1S/C20H23BrN4O2/c21-18-16-6-15(7-22)27-17(16)8-23-20(18)24-13-1-3-14(4-2-13)25-9-11-5-12(10-25)19(11)26/h6,8,11-14,19,26H,1-5,9-10H2,(H,23,24). The van der Waals surface area contributed by atoms with E-state index in [9.17, 15) is 5.11 Å². The van der Waals surface area contributed by atoms with Gasteiger partial charge in [0.25, 0.3) is 0 Å². The number of halogens is 1. The Balaban J connectivity index is 1.21. The summed E-state index contributed by atoms with van der Waals surface area (Å²) < 4.78 is 6.30. The summed E-state index contributed by atoms with van der Waals surface area (Å²) in [5, 5.41) is 23.5. The average Bonchev–Trinajstić information content (AvgIpc) is 3.14. The molecular weight excluding hydrogens is 408 g/mol. The smallest absolute Gasteiger partial charge is 0.204 e. The SMILES string of the molecule is N#Cc1cc2c(Br)c(NC3CCC(N4CC5CC(C4)C5O)CC3)ncc2o1. The summed E-state index contributed by atoms with van der Waals surface area (Å²) >= 11 is 3.62. The predicted octanol–water partition coefficient (Wildman–Crippen LogP) is 3.50. The number of piperidine rings is 2. The van der Waals surface area contributed by atoms with Gasteiger partial charge in [0, 0.05) is 36.6 Å². The number of furan rings is 1. The largest absolute Gasteiger partial charge is 0.444 e. The second-order valence-electron chi connectivity index (χ2n) is 8.27. The van der Waals surface area contributed by atoms with Crippen molar-refractivity contribution in [1.29, 1.82) is 5.26 Å². The number of pyridine rings is 1. The minimum atomic E-state index is -0.0398. The number of aromatic nitrogens is 1. The topological polar surface area (TPSA) is 85.3 Å². The van der Waals surface area contributed by atoms with E-state index in [1.807, 2.05) is 6.07 Å². The average molecular weight is 431 g/mol. The monoisotopic (exact) mass is 430 g/mol. The summed E-state index contributed by atoms with van der Waals surface area (Å²) in [5.74, 6) is 2.15. The Bertz CT molecular complexity index is 887. The number of hydrogen-bond acceptors (Lipinski definition) is 6. The van der Waals surface area contributed by atoms with Crippen LogP contribution in [0, 0.1) is 23.2 Å². The van der Waals surface area contributed by atoms with E-state index in [1.165, 1.54) is 19.3 Å². The van der Waals surface area contributed by atoms with Crippen molar-refractivity contribution in [3.8, 4) is 6.07 Å². The van der Waals surface area contributed by atoms with Crippen molar-refractivity contribution in [2.45, 2.75) is 50.3 Å². The van der Waals surface area contributed by atoms with Gasteiger partial charge in [-0.25, -0.2) is 4.98 Å². The van der Waals surface area contributed by atoms with Gasteiger partial charge in [-0.05, 0) is 59.9 Å². The third-order valence-electron chi connectivity index (χ3n) is 6.69. The molecular formula is C20H23BrN4O2. The van der Waals surface area contributed by atoms with E-state index in [2.05, 4.69) is 31.1 Å². The Hall–Kier alpha value is -1.62. The molecule has 6 nitrogen and oxygen atoms in total. The van der Waals surface area contributed by atoms with Crippen LogP contribution in [0.15, 0.2) is 21.2 Å². The lowest BCUT2D eigenvalue weighted by Crippen LogP contribution is -2.60. The second kappa shape index (κ2) is 6.77. The van der Waals surface area contributed by atoms with Gasteiger partial charge < -0.3 is 14.8 Å². The van der Waals surface area contributed by atoms with Crippen LogP contribution in [0.4, 0.5) is 5.82 Å². The molecule has 0 amide bonds. The molecule has 2 aromatic heterocycles. The molecule has 2 unspecified atom stereocenters. The number of rotatable bonds is 3. The molecule has 2 saturated heterocycles. The molecule has 2 N–H and O–H groups in total. The Kier molecular flexibility index (Phi) is 4.38. The number of nitrogens with one attached hydrogen (secondary N) is 1. The Morgan fingerprint density at radius 1 is 1.26 bits per heavy atom. The molecule has 4 heterocycles. The van der Waals surface area contributed by atoms with E-state index in [1.54, 1.807) is 12.3 Å². The van der Waals surface area contributed by atoms with Crippen LogP contribution >= 0.6 is 15.9 Å². The molecule has 27 heavy (non-hydrogen) atoms. The Morgan fingerprint density at radius 3 is 2.67 bits per heavy atom. The van der Waals surface area contributed by atoms with Gasteiger partial charge in [-0.2, -0.15) is 5.26 Å². The van der Waals surface area contributed by atoms with Gasteiger partial charge in [-0.15, -0.1) is 0 Å². The first-order valence-electron chi connectivity index (χ1n) is 9.79. The zero-order valence-corrected chi connectivity index (χ0v) is 16.7. The normalized spacial score (nSPS) is 33.4. The van der Waals surface area contributed by atoms with Crippen LogP contribution in [0.5, 0.6) is 0 Å². The molecule has 4 aliphatic rings. The lowest BCUT2D eigenvalue weighted by Gasteiger charge is -2.54. The number of aliphatic hydroxyl groups is 1. The number of nitriles is 1. The van der Waals surface area contributed by atoms with Gasteiger partial charge in [0.1, 0.15) is 11.9 Å². The van der Waals surface area contributed by atoms with Crippen LogP contribution in [-0.2, 0) is 0 Å². The Labute approximate surface area is 166 Å². The maximum atomic E-state index is 10.00. The van der Waals surface area contributed by atoms with E-state index in [0.717, 1.165) is 41.6 Å². The maximum absolute atomic E-state index is 10.00. The fourth-order valence-corrected chi connectivity index (χ4v) is 5.64. The molecule has 2 saturated carbocycles. The highest BCUT2D eigenvalue weighted by atomic mass is 79.9. The van der Waals surface area contributed by atoms with E-state index in [4.69, 9.17) is 9.68 Å². The third-order valence-corrected chi connectivity index (χ3v) is 7.49. The van der Waals surface area contributed by atoms with E-state index < -0.39 is 0 Å². The van der Waals surface area contributed by atoms with Gasteiger partial charge in [0.05, 0.1) is 16.8 Å². The number of hydrogen-bond donors (Lipinski definition) is 2. The van der Waals surface area contributed by atoms with Gasteiger partial charge in [-0.1, -0.05) is 0 Å². The molecule has 2 atom stereocenters. The van der Waals surface area contributed by atoms with Crippen LogP contribution in [0.3, 0.4) is 0 Å². The number of fused-ring (bicyclic) bond motifs is 3. The minimum absolute atomic E-state index is 0.0398. The van der Waals surface area contributed by atoms with E-state index >= 15 is 0 Å². The van der Waals surface area contributed by atoms with Crippen molar-refractivity contribution in [1.82, 2.24) is 9.88 Å². The quantitative estimate of drug-likeness (QED) is 0.774. The highest BCUT2D eigenvalue weighted by Gasteiger charge is 2.47. The van der Waals surface area contributed by atoms with Crippen molar-refractivity contribution < 1.29 is 9.52 Å². The summed E-state index contributed by atoms with van der Waals surface area (Å²) in [5.41, 5.74) is 0.624. The van der Waals surface area contributed by atoms with E-state index in [-0.39, 0.29) is 6.10 Å². The maximum Gasteiger partial charge on any atom is 0.204 e. The van der Waals surface area contributed by atoms with Crippen LogP contribution in [0.25, 0.3) is 11.0 Å². The summed E-state index contributed by atoms with van der Waals surface area (Å²) in [4.78, 5) is 7.10. The minimum Gasteiger partial charge on any atom is -0.444 e. The fraction of sp³-hybridized carbons (Fsp3) is 0.600. The zero-order chi connectivity index (χ0) is 18.5. The first kappa shape index (κ1) is 17.5. The molecule has 142 valence electrons.